The molecule has 0 saturated heterocycles. The van der Waals surface area contributed by atoms with Gasteiger partial charge in [-0.05, 0) is 25.9 Å². The Balaban J connectivity index is 0. The van der Waals surface area contributed by atoms with Crippen LogP contribution in [0.2, 0.25) is 12.1 Å². The lowest BCUT2D eigenvalue weighted by molar-refractivity contribution is 0.123. The van der Waals surface area contributed by atoms with E-state index in [4.69, 9.17) is 24.7 Å². The fourth-order valence-electron chi connectivity index (χ4n) is 1.08. The molecule has 0 fully saturated rings. The number of hydrogen-bond donors (Lipinski definition) is 2. The van der Waals surface area contributed by atoms with Crippen molar-refractivity contribution in [1.82, 2.24) is 0 Å². The minimum Gasteiger partial charge on any atom is -0.377 e. The summed E-state index contributed by atoms with van der Waals surface area (Å²) in [5, 5.41) is 0. The van der Waals surface area contributed by atoms with Crippen molar-refractivity contribution in [1.29, 1.82) is 0 Å². The molecule has 0 radical (unpaired) electrons. The highest BCUT2D eigenvalue weighted by molar-refractivity contribution is 6.60. The topological polar surface area (TPSA) is 79.7 Å². The van der Waals surface area contributed by atoms with Crippen molar-refractivity contribution in [3.8, 4) is 0 Å². The fourth-order valence-corrected chi connectivity index (χ4v) is 3.24. The van der Waals surface area contributed by atoms with E-state index in [9.17, 15) is 0 Å². The summed E-state index contributed by atoms with van der Waals surface area (Å²) in [7, 11) is 3.82. The molecule has 0 amide bonds. The first-order valence-corrected chi connectivity index (χ1v) is 9.06. The van der Waals surface area contributed by atoms with Crippen LogP contribution in [0.5, 0.6) is 0 Å². The highest BCUT2D eigenvalue weighted by atomic mass is 28.4. The first-order valence-electron chi connectivity index (χ1n) is 5.71. The van der Waals surface area contributed by atoms with E-state index in [0.717, 1.165) is 19.0 Å². The van der Waals surface area contributed by atoms with E-state index in [1.165, 1.54) is 22.7 Å². The van der Waals surface area contributed by atoms with Crippen LogP contribution in [0.3, 0.4) is 0 Å². The van der Waals surface area contributed by atoms with Crippen molar-refractivity contribution in [2.75, 3.05) is 34.4 Å². The summed E-state index contributed by atoms with van der Waals surface area (Å²) in [4.78, 5) is 0. The average molecular weight is 269 g/mol. The van der Waals surface area contributed by atoms with Gasteiger partial charge >= 0.3 is 8.80 Å². The molecule has 0 aliphatic rings. The molecule has 0 aliphatic heterocycles. The molecule has 5 nitrogen and oxygen atoms in total. The Morgan fingerprint density at radius 3 is 1.56 bits per heavy atom. The largest absolute Gasteiger partial charge is 0.500 e. The van der Waals surface area contributed by atoms with Crippen molar-refractivity contribution >= 4 is 19.0 Å². The normalized spacial score (nSPS) is 11.1. The summed E-state index contributed by atoms with van der Waals surface area (Å²) in [6.45, 7) is 1.52. The summed E-state index contributed by atoms with van der Waals surface area (Å²) >= 11 is 0. The lowest BCUT2D eigenvalue weighted by Gasteiger charge is -2.23. The highest BCUT2D eigenvalue weighted by Gasteiger charge is 2.36. The molecule has 0 aromatic heterocycles. The van der Waals surface area contributed by atoms with Crippen LogP contribution in [0.15, 0.2) is 0 Å². The molecule has 0 atom stereocenters. The molecule has 0 aliphatic carbocycles. The molecule has 4 N–H and O–H groups in total. The van der Waals surface area contributed by atoms with E-state index < -0.39 is 8.80 Å². The van der Waals surface area contributed by atoms with Gasteiger partial charge in [-0.3, -0.25) is 0 Å². The number of nitrogens with two attached hydrogens (primary N) is 2. The second-order valence-electron chi connectivity index (χ2n) is 3.33. The zero-order valence-corrected chi connectivity index (χ0v) is 14.1. The summed E-state index contributed by atoms with van der Waals surface area (Å²) in [6.07, 6.45) is 2.11. The summed E-state index contributed by atoms with van der Waals surface area (Å²) in [6, 6.07) is 2.14. The van der Waals surface area contributed by atoms with Gasteiger partial charge in [0.25, 0.3) is 0 Å². The van der Waals surface area contributed by atoms with Gasteiger partial charge in [0.05, 0.1) is 0 Å². The average Bonchev–Trinajstić information content (AvgIpc) is 2.34. The van der Waals surface area contributed by atoms with Gasteiger partial charge in [0.2, 0.25) is 0 Å². The monoisotopic (exact) mass is 268 g/mol. The lowest BCUT2D eigenvalue weighted by Crippen LogP contribution is -2.42. The van der Waals surface area contributed by atoms with Crippen molar-refractivity contribution in [3.05, 3.63) is 0 Å². The van der Waals surface area contributed by atoms with Crippen LogP contribution in [0.25, 0.3) is 0 Å². The maximum atomic E-state index is 5.36. The van der Waals surface area contributed by atoms with E-state index in [1.54, 1.807) is 21.3 Å². The van der Waals surface area contributed by atoms with Gasteiger partial charge < -0.3 is 24.7 Å². The Morgan fingerprint density at radius 2 is 1.38 bits per heavy atom. The van der Waals surface area contributed by atoms with Crippen molar-refractivity contribution in [2.45, 2.75) is 24.9 Å². The number of rotatable bonds is 8. The van der Waals surface area contributed by atoms with Gasteiger partial charge in [-0.2, -0.15) is 0 Å². The van der Waals surface area contributed by atoms with Crippen LogP contribution in [0.4, 0.5) is 0 Å². The fraction of sp³-hybridized carbons (Fsp3) is 1.00. The standard InChI is InChI=1S/C6H17NO3Si.C3H11NSi/c1-8-11(9-2,10-3)6-4-5-7;4-2-1-3-5/h4-7H2,1-3H3;1-4H2,5H3. The zero-order valence-electron chi connectivity index (χ0n) is 11.1. The molecule has 7 heteroatoms. The summed E-state index contributed by atoms with van der Waals surface area (Å²) in [5.74, 6) is 0. The Bertz CT molecular complexity index is 128. The van der Waals surface area contributed by atoms with Gasteiger partial charge in [0.1, 0.15) is 0 Å². The van der Waals surface area contributed by atoms with E-state index in [-0.39, 0.29) is 0 Å². The van der Waals surface area contributed by atoms with E-state index in [0.29, 0.717) is 6.54 Å². The molecule has 0 heterocycles. The van der Waals surface area contributed by atoms with Crippen LogP contribution in [0, 0.1) is 0 Å². The SMILES string of the molecule is CO[Si](CCCN)(OC)OC.NCCC[SiH3]. The third-order valence-corrected chi connectivity index (χ3v) is 5.72. The predicted octanol–water partition coefficient (Wildman–Crippen LogP) is -0.668. The lowest BCUT2D eigenvalue weighted by atomic mass is 10.5. The van der Waals surface area contributed by atoms with E-state index >= 15 is 0 Å². The van der Waals surface area contributed by atoms with Gasteiger partial charge in [0, 0.05) is 37.6 Å². The molecule has 0 bridgehead atoms. The zero-order chi connectivity index (χ0) is 12.9. The smallest absolute Gasteiger partial charge is 0.377 e. The van der Waals surface area contributed by atoms with Crippen molar-refractivity contribution in [3.63, 3.8) is 0 Å². The Hall–Kier alpha value is 0.234. The Labute approximate surface area is 104 Å². The van der Waals surface area contributed by atoms with Gasteiger partial charge in [-0.25, -0.2) is 0 Å². The van der Waals surface area contributed by atoms with Crippen LogP contribution < -0.4 is 11.5 Å². The summed E-state index contributed by atoms with van der Waals surface area (Å²) in [5.41, 5.74) is 10.5. The van der Waals surface area contributed by atoms with Gasteiger partial charge in [-0.1, -0.05) is 6.04 Å². The Kier molecular flexibility index (Phi) is 15.5. The second-order valence-corrected chi connectivity index (χ2v) is 7.42. The molecule has 0 rings (SSSR count). The Morgan fingerprint density at radius 1 is 0.938 bits per heavy atom. The van der Waals surface area contributed by atoms with E-state index in [2.05, 4.69) is 0 Å². The van der Waals surface area contributed by atoms with E-state index in [1.807, 2.05) is 0 Å². The molecule has 0 spiro atoms. The minimum absolute atomic E-state index is 0.644. The first-order chi connectivity index (χ1) is 7.66. The van der Waals surface area contributed by atoms with Gasteiger partial charge in [0.15, 0.2) is 0 Å². The van der Waals surface area contributed by atoms with Crippen LogP contribution in [-0.2, 0) is 13.3 Å². The highest BCUT2D eigenvalue weighted by Crippen LogP contribution is 2.13. The first kappa shape index (κ1) is 18.6. The quantitative estimate of drug-likeness (QED) is 0.571. The number of hydrogen-bond acceptors (Lipinski definition) is 5. The molecule has 0 saturated carbocycles. The summed E-state index contributed by atoms with van der Waals surface area (Å²) < 4.78 is 15.5. The van der Waals surface area contributed by atoms with Crippen LogP contribution in [0.1, 0.15) is 12.8 Å². The molecule has 100 valence electrons. The predicted molar refractivity (Wildman–Crippen MR) is 73.7 cm³/mol. The molecule has 0 unspecified atom stereocenters. The van der Waals surface area contributed by atoms with Crippen LogP contribution in [-0.4, -0.2) is 53.5 Å². The molecular formula is C9H28N2O3Si2. The van der Waals surface area contributed by atoms with Crippen molar-refractivity contribution < 1.29 is 13.3 Å². The molecule has 16 heavy (non-hydrogen) atoms. The van der Waals surface area contributed by atoms with Crippen LogP contribution >= 0.6 is 0 Å². The molecule has 0 aromatic carbocycles. The second kappa shape index (κ2) is 13.3. The minimum atomic E-state index is -2.32. The molecule has 0 aromatic rings. The maximum Gasteiger partial charge on any atom is 0.500 e. The van der Waals surface area contributed by atoms with Crippen molar-refractivity contribution in [2.24, 2.45) is 11.5 Å². The third-order valence-electron chi connectivity index (χ3n) is 2.18. The third kappa shape index (κ3) is 9.46. The molecular weight excluding hydrogens is 240 g/mol. The van der Waals surface area contributed by atoms with Gasteiger partial charge in [-0.15, -0.1) is 0 Å². The maximum absolute atomic E-state index is 5.36.